The second-order valence-electron chi connectivity index (χ2n) is 4.66. The fraction of sp³-hybridized carbons (Fsp3) is 0.727. The lowest BCUT2D eigenvalue weighted by atomic mass is 9.92. The lowest BCUT2D eigenvalue weighted by Crippen LogP contribution is -2.37. The molecule has 0 unspecified atom stereocenters. The molecule has 0 N–H and O–H groups in total. The zero-order valence-electron chi connectivity index (χ0n) is 11.4. The smallest absolute Gasteiger partial charge is 0.466 e. The summed E-state index contributed by atoms with van der Waals surface area (Å²) in [6, 6.07) is 0. The number of carbonyl (C=O) groups excluding carboxylic acids is 1. The lowest BCUT2D eigenvalue weighted by molar-refractivity contribution is -0.169. The van der Waals surface area contributed by atoms with Crippen LogP contribution in [0.25, 0.3) is 0 Å². The Morgan fingerprint density at radius 3 is 2.36 bits per heavy atom. The summed E-state index contributed by atoms with van der Waals surface area (Å²) < 4.78 is 78.6. The average molecular weight is 346 g/mol. The highest BCUT2D eigenvalue weighted by atomic mass is 32.2. The molecule has 2 aliphatic rings. The van der Waals surface area contributed by atoms with E-state index in [-0.39, 0.29) is 38.0 Å². The van der Waals surface area contributed by atoms with E-state index in [4.69, 9.17) is 9.47 Å². The molecule has 0 amide bonds. The van der Waals surface area contributed by atoms with Gasteiger partial charge in [-0.2, -0.15) is 21.6 Å². The van der Waals surface area contributed by atoms with Crippen LogP contribution in [0.5, 0.6) is 0 Å². The van der Waals surface area contributed by atoms with Crippen LogP contribution in [0.1, 0.15) is 19.3 Å². The van der Waals surface area contributed by atoms with Crippen LogP contribution in [0.2, 0.25) is 0 Å². The van der Waals surface area contributed by atoms with Gasteiger partial charge in [-0.3, -0.25) is 0 Å². The minimum atomic E-state index is -5.85. The van der Waals surface area contributed by atoms with Crippen molar-refractivity contribution in [3.8, 4) is 0 Å². The van der Waals surface area contributed by atoms with Crippen molar-refractivity contribution < 1.29 is 44.8 Å². The van der Waals surface area contributed by atoms with Crippen molar-refractivity contribution in [2.24, 2.45) is 0 Å². The van der Waals surface area contributed by atoms with Crippen LogP contribution >= 0.6 is 0 Å². The van der Waals surface area contributed by atoms with Crippen molar-refractivity contribution in [2.45, 2.75) is 30.6 Å². The standard InChI is InChI=1S/C11H13F3O7S/c1-18-9(15)7-6-10(19-4-5-20-10)3-2-8(7)21-22(16,17)11(12,13)14/h2-6H2,1H3. The van der Waals surface area contributed by atoms with Gasteiger partial charge in [0.1, 0.15) is 5.76 Å². The summed E-state index contributed by atoms with van der Waals surface area (Å²) in [4.78, 5) is 11.7. The summed E-state index contributed by atoms with van der Waals surface area (Å²) in [5.41, 5.74) is -5.93. The Bertz CT molecular complexity index is 587. The van der Waals surface area contributed by atoms with Crippen molar-refractivity contribution in [1.82, 2.24) is 0 Å². The molecule has 0 aromatic heterocycles. The highest BCUT2D eigenvalue weighted by molar-refractivity contribution is 7.87. The molecule has 0 saturated carbocycles. The number of rotatable bonds is 3. The number of methoxy groups -OCH3 is 1. The van der Waals surface area contributed by atoms with Gasteiger partial charge in [-0.25, -0.2) is 4.79 Å². The van der Waals surface area contributed by atoms with Gasteiger partial charge in [-0.15, -0.1) is 0 Å². The minimum Gasteiger partial charge on any atom is -0.466 e. The molecular weight excluding hydrogens is 333 g/mol. The van der Waals surface area contributed by atoms with E-state index in [1.54, 1.807) is 0 Å². The van der Waals surface area contributed by atoms with Gasteiger partial charge in [0.2, 0.25) is 0 Å². The molecule has 2 rings (SSSR count). The van der Waals surface area contributed by atoms with E-state index in [0.717, 1.165) is 7.11 Å². The first-order chi connectivity index (χ1) is 10.1. The quantitative estimate of drug-likeness (QED) is 0.431. The Morgan fingerprint density at radius 1 is 1.27 bits per heavy atom. The molecule has 0 aromatic rings. The Balaban J connectivity index is 2.33. The van der Waals surface area contributed by atoms with Gasteiger partial charge in [-0.05, 0) is 0 Å². The van der Waals surface area contributed by atoms with E-state index in [0.29, 0.717) is 0 Å². The summed E-state index contributed by atoms with van der Waals surface area (Å²) in [6.07, 6.45) is -0.446. The van der Waals surface area contributed by atoms with Crippen LogP contribution in [0.15, 0.2) is 11.3 Å². The normalized spacial score (nSPS) is 22.0. The van der Waals surface area contributed by atoms with E-state index < -0.39 is 33.1 Å². The van der Waals surface area contributed by atoms with E-state index in [1.807, 2.05) is 0 Å². The van der Waals surface area contributed by atoms with E-state index in [2.05, 4.69) is 8.92 Å². The molecule has 1 heterocycles. The van der Waals surface area contributed by atoms with Crippen LogP contribution < -0.4 is 0 Å². The Kier molecular flexibility index (Phi) is 4.42. The second kappa shape index (κ2) is 5.70. The van der Waals surface area contributed by atoms with Crippen molar-refractivity contribution in [3.05, 3.63) is 11.3 Å². The summed E-state index contributed by atoms with van der Waals surface area (Å²) >= 11 is 0. The first kappa shape index (κ1) is 17.0. The van der Waals surface area contributed by atoms with Crippen LogP contribution in [-0.4, -0.2) is 46.0 Å². The fourth-order valence-corrected chi connectivity index (χ4v) is 2.78. The number of halogens is 3. The lowest BCUT2D eigenvalue weighted by Gasteiger charge is -2.32. The average Bonchev–Trinajstić information content (AvgIpc) is 2.87. The predicted molar refractivity (Wildman–Crippen MR) is 63.6 cm³/mol. The number of allylic oxidation sites excluding steroid dienone is 1. The minimum absolute atomic E-state index is 0.0657. The van der Waals surface area contributed by atoms with E-state index in [1.165, 1.54) is 0 Å². The summed E-state index contributed by atoms with van der Waals surface area (Å²) in [6.45, 7) is 0.539. The number of alkyl halides is 3. The molecule has 7 nitrogen and oxygen atoms in total. The maximum absolute atomic E-state index is 12.4. The van der Waals surface area contributed by atoms with Gasteiger partial charge >= 0.3 is 21.6 Å². The van der Waals surface area contributed by atoms with Gasteiger partial charge in [0, 0.05) is 19.3 Å². The van der Waals surface area contributed by atoms with E-state index in [9.17, 15) is 26.4 Å². The summed E-state index contributed by atoms with van der Waals surface area (Å²) in [5, 5.41) is 0. The zero-order chi connectivity index (χ0) is 16.6. The molecule has 1 aliphatic heterocycles. The van der Waals surface area contributed by atoms with Gasteiger partial charge in [0.15, 0.2) is 5.79 Å². The molecule has 126 valence electrons. The third-order valence-corrected chi connectivity index (χ3v) is 4.24. The summed E-state index contributed by atoms with van der Waals surface area (Å²) in [5.74, 6) is -2.75. The number of carbonyl (C=O) groups is 1. The predicted octanol–water partition coefficient (Wildman–Crippen LogP) is 1.21. The fourth-order valence-electron chi connectivity index (χ4n) is 2.24. The van der Waals surface area contributed by atoms with Crippen LogP contribution in [0.4, 0.5) is 13.2 Å². The molecule has 0 radical (unpaired) electrons. The van der Waals surface area contributed by atoms with Gasteiger partial charge in [-0.1, -0.05) is 0 Å². The topological polar surface area (TPSA) is 88.1 Å². The largest absolute Gasteiger partial charge is 0.534 e. The van der Waals surface area contributed by atoms with Crippen LogP contribution in [0.3, 0.4) is 0 Å². The zero-order valence-corrected chi connectivity index (χ0v) is 12.3. The summed E-state index contributed by atoms with van der Waals surface area (Å²) in [7, 11) is -4.84. The Hall–Kier alpha value is -1.33. The maximum Gasteiger partial charge on any atom is 0.534 e. The molecule has 1 saturated heterocycles. The highest BCUT2D eigenvalue weighted by Crippen LogP contribution is 2.41. The van der Waals surface area contributed by atoms with Crippen molar-refractivity contribution in [3.63, 3.8) is 0 Å². The molecular formula is C11H13F3O7S. The Morgan fingerprint density at radius 2 is 1.86 bits per heavy atom. The van der Waals surface area contributed by atoms with Crippen molar-refractivity contribution >= 4 is 16.1 Å². The maximum atomic E-state index is 12.4. The molecule has 0 atom stereocenters. The molecule has 0 aromatic carbocycles. The van der Waals surface area contributed by atoms with Crippen molar-refractivity contribution in [2.75, 3.05) is 20.3 Å². The molecule has 22 heavy (non-hydrogen) atoms. The monoisotopic (exact) mass is 346 g/mol. The highest BCUT2D eigenvalue weighted by Gasteiger charge is 2.51. The first-order valence-corrected chi connectivity index (χ1v) is 7.60. The number of ether oxygens (including phenoxy) is 3. The molecule has 1 spiro atoms. The van der Waals surface area contributed by atoms with Gasteiger partial charge < -0.3 is 18.4 Å². The molecule has 1 aliphatic carbocycles. The number of esters is 1. The molecule has 11 heteroatoms. The van der Waals surface area contributed by atoms with E-state index >= 15 is 0 Å². The third kappa shape index (κ3) is 3.20. The van der Waals surface area contributed by atoms with Gasteiger partial charge in [0.05, 0.1) is 25.9 Å². The van der Waals surface area contributed by atoms with Gasteiger partial charge in [0.25, 0.3) is 0 Å². The van der Waals surface area contributed by atoms with Crippen LogP contribution in [0, 0.1) is 0 Å². The van der Waals surface area contributed by atoms with Crippen molar-refractivity contribution in [1.29, 1.82) is 0 Å². The second-order valence-corrected chi connectivity index (χ2v) is 6.20. The first-order valence-electron chi connectivity index (χ1n) is 6.19. The number of hydrogen-bond acceptors (Lipinski definition) is 7. The number of hydrogen-bond donors (Lipinski definition) is 0. The molecule has 1 fully saturated rings. The van der Waals surface area contributed by atoms with Crippen LogP contribution in [-0.2, 0) is 33.3 Å². The Labute approximate surface area is 124 Å². The third-order valence-electron chi connectivity index (χ3n) is 3.25. The SMILES string of the molecule is COC(=O)C1=C(OS(=O)(=O)C(F)(F)F)CCC2(C1)OCCO2. The molecule has 0 bridgehead atoms.